The molecule has 1 aliphatic heterocycles. The third kappa shape index (κ3) is 3.77. The minimum Gasteiger partial charge on any atom is -0.329 e. The molecule has 2 rings (SSSR count). The Kier molecular flexibility index (Phi) is 4.22. The molecule has 2 unspecified atom stereocenters. The normalized spacial score (nSPS) is 28.1. The van der Waals surface area contributed by atoms with Crippen LogP contribution in [0.4, 0.5) is 26.7 Å². The van der Waals surface area contributed by atoms with Crippen molar-refractivity contribution in [2.75, 3.05) is 13.6 Å². The Morgan fingerprint density at radius 2 is 2.00 bits per heavy atom. The fourth-order valence-corrected chi connectivity index (χ4v) is 2.73. The van der Waals surface area contributed by atoms with E-state index < -0.39 is 30.8 Å². The molecule has 0 radical (unpaired) electrons. The minimum atomic E-state index is -4.50. The van der Waals surface area contributed by atoms with E-state index in [9.17, 15) is 26.7 Å². The molecule has 2 N–H and O–H groups in total. The summed E-state index contributed by atoms with van der Waals surface area (Å²) in [5.41, 5.74) is 0.551. The molecule has 10 heteroatoms. The molecule has 1 heterocycles. The topological polar surface area (TPSA) is 56.7 Å². The zero-order valence-corrected chi connectivity index (χ0v) is 12.0. The number of halogens is 5. The number of nitrogens with one attached hydrogen (secondary N) is 2. The highest BCUT2D eigenvalue weighted by atomic mass is 19.4. The molecule has 0 spiro atoms. The van der Waals surface area contributed by atoms with Crippen LogP contribution in [-0.4, -0.2) is 48.6 Å². The van der Waals surface area contributed by atoms with E-state index in [-0.39, 0.29) is 24.7 Å². The van der Waals surface area contributed by atoms with Crippen molar-refractivity contribution in [1.82, 2.24) is 15.6 Å². The lowest BCUT2D eigenvalue weighted by molar-refractivity contribution is -0.122. The summed E-state index contributed by atoms with van der Waals surface area (Å²) in [7, 11) is 1.54. The molecule has 0 aromatic heterocycles. The number of carbonyl (C=O) groups is 1. The quantitative estimate of drug-likeness (QED) is 0.780. The Bertz CT molecular complexity index is 471. The second-order valence-electron chi connectivity index (χ2n) is 5.74. The van der Waals surface area contributed by atoms with Crippen LogP contribution in [0.25, 0.3) is 0 Å². The molecule has 1 fully saturated rings. The average Bonchev–Trinajstić information content (AvgIpc) is 2.60. The number of hydrogen-bond donors (Lipinski definition) is 2. The number of hydrogen-bond acceptors (Lipinski definition) is 3. The van der Waals surface area contributed by atoms with E-state index in [0.29, 0.717) is 5.71 Å². The van der Waals surface area contributed by atoms with E-state index in [0.717, 1.165) is 0 Å². The van der Waals surface area contributed by atoms with Crippen molar-refractivity contribution in [2.45, 2.75) is 38.0 Å². The number of amides is 2. The van der Waals surface area contributed by atoms with Crippen LogP contribution in [0.15, 0.2) is 5.10 Å². The van der Waals surface area contributed by atoms with Crippen LogP contribution in [-0.2, 0) is 0 Å². The highest BCUT2D eigenvalue weighted by molar-refractivity contribution is 5.92. The van der Waals surface area contributed by atoms with Crippen LogP contribution in [0.3, 0.4) is 0 Å². The number of rotatable bonds is 3. The summed E-state index contributed by atoms with van der Waals surface area (Å²) >= 11 is 0. The van der Waals surface area contributed by atoms with Gasteiger partial charge in [0, 0.05) is 37.4 Å². The average molecular weight is 328 g/mol. The highest BCUT2D eigenvalue weighted by Crippen LogP contribution is 2.45. The standard InChI is InChI=1S/C12H17F5N4O/c1-6-8(7-3-11(13,14)4-7)20-21(2)9(6)19-10(22)18-5-12(15,16)17/h6-7,9H,3-5H2,1-2H3,(H2,18,19,22). The van der Waals surface area contributed by atoms with Gasteiger partial charge in [-0.2, -0.15) is 18.3 Å². The maximum Gasteiger partial charge on any atom is 0.405 e. The smallest absolute Gasteiger partial charge is 0.329 e. The molecule has 126 valence electrons. The fraction of sp³-hybridized carbons (Fsp3) is 0.833. The van der Waals surface area contributed by atoms with Crippen molar-refractivity contribution in [3.63, 3.8) is 0 Å². The van der Waals surface area contributed by atoms with Crippen molar-refractivity contribution in [1.29, 1.82) is 0 Å². The second kappa shape index (κ2) is 5.54. The van der Waals surface area contributed by atoms with Crippen LogP contribution in [0.1, 0.15) is 19.8 Å². The molecular formula is C12H17F5N4O. The predicted octanol–water partition coefficient (Wildman–Crippen LogP) is 2.16. The maximum atomic E-state index is 12.9. The number of alkyl halides is 5. The maximum absolute atomic E-state index is 12.9. The van der Waals surface area contributed by atoms with Gasteiger partial charge in [0.1, 0.15) is 12.7 Å². The summed E-state index contributed by atoms with van der Waals surface area (Å²) in [6.45, 7) is 0.264. The lowest BCUT2D eigenvalue weighted by Crippen LogP contribution is -2.52. The van der Waals surface area contributed by atoms with Gasteiger partial charge in [-0.1, -0.05) is 6.92 Å². The van der Waals surface area contributed by atoms with Gasteiger partial charge in [-0.05, 0) is 0 Å². The molecule has 0 saturated heterocycles. The fourth-order valence-electron chi connectivity index (χ4n) is 2.73. The van der Waals surface area contributed by atoms with Crippen LogP contribution < -0.4 is 10.6 Å². The molecule has 1 aliphatic carbocycles. The van der Waals surface area contributed by atoms with Crippen molar-refractivity contribution in [2.24, 2.45) is 16.9 Å². The predicted molar refractivity (Wildman–Crippen MR) is 68.4 cm³/mol. The van der Waals surface area contributed by atoms with Gasteiger partial charge in [-0.25, -0.2) is 13.6 Å². The van der Waals surface area contributed by atoms with Gasteiger partial charge in [-0.3, -0.25) is 5.01 Å². The van der Waals surface area contributed by atoms with Gasteiger partial charge in [0.2, 0.25) is 5.92 Å². The molecular weight excluding hydrogens is 311 g/mol. The second-order valence-corrected chi connectivity index (χ2v) is 5.74. The van der Waals surface area contributed by atoms with E-state index in [2.05, 4.69) is 10.4 Å². The van der Waals surface area contributed by atoms with Gasteiger partial charge in [0.25, 0.3) is 0 Å². The lowest BCUT2D eigenvalue weighted by atomic mass is 9.74. The molecule has 2 atom stereocenters. The Morgan fingerprint density at radius 3 is 2.50 bits per heavy atom. The summed E-state index contributed by atoms with van der Waals surface area (Å²) in [6, 6.07) is -0.976. The SMILES string of the molecule is CC1C(C2CC(F)(F)C2)=NN(C)C1NC(=O)NCC(F)(F)F. The number of urea groups is 1. The third-order valence-electron chi connectivity index (χ3n) is 3.85. The molecule has 22 heavy (non-hydrogen) atoms. The first kappa shape index (κ1) is 16.8. The van der Waals surface area contributed by atoms with E-state index in [1.54, 1.807) is 12.2 Å². The molecule has 1 saturated carbocycles. The molecule has 2 amide bonds. The van der Waals surface area contributed by atoms with E-state index >= 15 is 0 Å². The van der Waals surface area contributed by atoms with Crippen molar-refractivity contribution < 1.29 is 26.7 Å². The van der Waals surface area contributed by atoms with Crippen LogP contribution >= 0.6 is 0 Å². The number of hydrazone groups is 1. The van der Waals surface area contributed by atoms with Gasteiger partial charge in [0.15, 0.2) is 0 Å². The lowest BCUT2D eigenvalue weighted by Gasteiger charge is -2.36. The summed E-state index contributed by atoms with van der Waals surface area (Å²) in [5.74, 6) is -3.37. The zero-order chi connectivity index (χ0) is 16.7. The van der Waals surface area contributed by atoms with Crippen molar-refractivity contribution >= 4 is 11.7 Å². The molecule has 0 aromatic carbocycles. The summed E-state index contributed by atoms with van der Waals surface area (Å²) in [6.07, 6.45) is -5.71. The molecule has 2 aliphatic rings. The van der Waals surface area contributed by atoms with Crippen LogP contribution in [0.2, 0.25) is 0 Å². The largest absolute Gasteiger partial charge is 0.405 e. The van der Waals surface area contributed by atoms with E-state index in [1.807, 2.05) is 0 Å². The first-order chi connectivity index (χ1) is 9.98. The number of carbonyl (C=O) groups excluding carboxylic acids is 1. The molecule has 0 aromatic rings. The van der Waals surface area contributed by atoms with Crippen LogP contribution in [0, 0.1) is 11.8 Å². The van der Waals surface area contributed by atoms with Gasteiger partial charge >= 0.3 is 12.2 Å². The Morgan fingerprint density at radius 1 is 1.41 bits per heavy atom. The first-order valence-corrected chi connectivity index (χ1v) is 6.79. The van der Waals surface area contributed by atoms with Gasteiger partial charge in [-0.15, -0.1) is 0 Å². The van der Waals surface area contributed by atoms with Crippen molar-refractivity contribution in [3.05, 3.63) is 0 Å². The van der Waals surface area contributed by atoms with Gasteiger partial charge in [0.05, 0.1) is 0 Å². The Balaban J connectivity index is 1.88. The third-order valence-corrected chi connectivity index (χ3v) is 3.85. The zero-order valence-electron chi connectivity index (χ0n) is 12.0. The van der Waals surface area contributed by atoms with Crippen molar-refractivity contribution in [3.8, 4) is 0 Å². The Hall–Kier alpha value is -1.61. The summed E-state index contributed by atoms with van der Waals surface area (Å²) in [5, 5.41) is 9.61. The van der Waals surface area contributed by atoms with E-state index in [4.69, 9.17) is 0 Å². The van der Waals surface area contributed by atoms with Gasteiger partial charge < -0.3 is 10.6 Å². The Labute approximate surface area is 123 Å². The highest BCUT2D eigenvalue weighted by Gasteiger charge is 2.51. The summed E-state index contributed by atoms with van der Waals surface area (Å²) in [4.78, 5) is 11.5. The number of nitrogens with zero attached hydrogens (tertiary/aromatic N) is 2. The van der Waals surface area contributed by atoms with E-state index in [1.165, 1.54) is 12.1 Å². The molecule has 0 bridgehead atoms. The summed E-state index contributed by atoms with van der Waals surface area (Å²) < 4.78 is 62.0. The first-order valence-electron chi connectivity index (χ1n) is 6.79. The minimum absolute atomic E-state index is 0.281. The molecule has 5 nitrogen and oxygen atoms in total. The van der Waals surface area contributed by atoms with Crippen LogP contribution in [0.5, 0.6) is 0 Å². The monoisotopic (exact) mass is 328 g/mol.